The van der Waals surface area contributed by atoms with Gasteiger partial charge >= 0.3 is 6.01 Å². The van der Waals surface area contributed by atoms with E-state index in [9.17, 15) is 15.3 Å². The number of phenols is 2. The highest BCUT2D eigenvalue weighted by Crippen LogP contribution is 2.38. The Kier molecular flexibility index (Phi) is 6.62. The van der Waals surface area contributed by atoms with Crippen molar-refractivity contribution in [2.45, 2.75) is 46.2 Å². The number of aromatic nitrogens is 3. The number of nitrogens with zero attached hydrogens (tertiary/aromatic N) is 4. The molecule has 0 radical (unpaired) electrons. The summed E-state index contributed by atoms with van der Waals surface area (Å²) in [5, 5.41) is 38.6. The van der Waals surface area contributed by atoms with E-state index >= 15 is 0 Å². The standard InChI is InChI=1S/C23H30N4O3/c1-5-10-26(4)13-16-6-8-17(9-7-16)14-27-22(24-25-23(27)30)19-11-18(15(2)3)20(28)12-21(19)29/h6-9,11-12,15,28-29H,5,10,13-14H2,1-4H3,(H,25,30). The van der Waals surface area contributed by atoms with Crippen molar-refractivity contribution in [1.82, 2.24) is 19.7 Å². The molecule has 0 aliphatic heterocycles. The second-order valence-electron chi connectivity index (χ2n) is 8.05. The molecule has 0 saturated carbocycles. The molecule has 3 aromatic rings. The Labute approximate surface area is 177 Å². The van der Waals surface area contributed by atoms with Gasteiger partial charge in [-0.05, 0) is 48.7 Å². The van der Waals surface area contributed by atoms with Crippen LogP contribution in [0.4, 0.5) is 0 Å². The van der Waals surface area contributed by atoms with Gasteiger partial charge < -0.3 is 20.2 Å². The Hall–Kier alpha value is -3.06. The Balaban J connectivity index is 1.88. The fraction of sp³-hybridized carbons (Fsp3) is 0.391. The molecular formula is C23H30N4O3. The monoisotopic (exact) mass is 410 g/mol. The highest BCUT2D eigenvalue weighted by Gasteiger charge is 2.20. The maximum absolute atomic E-state index is 10.4. The molecule has 0 unspecified atom stereocenters. The van der Waals surface area contributed by atoms with E-state index in [0.29, 0.717) is 23.5 Å². The summed E-state index contributed by atoms with van der Waals surface area (Å²) in [6.45, 7) is 8.37. The summed E-state index contributed by atoms with van der Waals surface area (Å²) in [5.41, 5.74) is 3.32. The molecule has 160 valence electrons. The van der Waals surface area contributed by atoms with Gasteiger partial charge in [0.25, 0.3) is 0 Å². The molecule has 7 heteroatoms. The summed E-state index contributed by atoms with van der Waals surface area (Å²) < 4.78 is 1.55. The van der Waals surface area contributed by atoms with Crippen molar-refractivity contribution < 1.29 is 15.3 Å². The summed E-state index contributed by atoms with van der Waals surface area (Å²) in [7, 11) is 2.11. The van der Waals surface area contributed by atoms with Crippen LogP contribution < -0.4 is 0 Å². The van der Waals surface area contributed by atoms with Crippen LogP contribution in [0.2, 0.25) is 0 Å². The van der Waals surface area contributed by atoms with Gasteiger partial charge in [-0.1, -0.05) is 50.1 Å². The van der Waals surface area contributed by atoms with Gasteiger partial charge in [-0.15, -0.1) is 5.10 Å². The Bertz CT molecular complexity index is 996. The van der Waals surface area contributed by atoms with Gasteiger partial charge in [-0.25, -0.2) is 0 Å². The quantitative estimate of drug-likeness (QED) is 0.518. The third-order valence-electron chi connectivity index (χ3n) is 5.16. The highest BCUT2D eigenvalue weighted by molar-refractivity contribution is 5.68. The molecule has 1 heterocycles. The van der Waals surface area contributed by atoms with Gasteiger partial charge in [-0.2, -0.15) is 0 Å². The molecule has 3 rings (SSSR count). The van der Waals surface area contributed by atoms with Crippen molar-refractivity contribution in [1.29, 1.82) is 0 Å². The van der Waals surface area contributed by atoms with Crippen LogP contribution in [-0.2, 0) is 13.1 Å². The molecular weight excluding hydrogens is 380 g/mol. The minimum absolute atomic E-state index is 0.0326. The smallest absolute Gasteiger partial charge is 0.315 e. The molecule has 0 fully saturated rings. The summed E-state index contributed by atoms with van der Waals surface area (Å²) in [6.07, 6.45) is 1.12. The zero-order valence-electron chi connectivity index (χ0n) is 18.0. The zero-order chi connectivity index (χ0) is 21.8. The SMILES string of the molecule is CCCN(C)Cc1ccc(Cn2c(O)nnc2-c2cc(C(C)C)c(O)cc2O)cc1. The normalized spacial score (nSPS) is 11.5. The number of aromatic hydroxyl groups is 3. The fourth-order valence-corrected chi connectivity index (χ4v) is 3.58. The first-order valence-corrected chi connectivity index (χ1v) is 10.2. The Morgan fingerprint density at radius 2 is 1.63 bits per heavy atom. The van der Waals surface area contributed by atoms with Crippen molar-refractivity contribution in [2.75, 3.05) is 13.6 Å². The zero-order valence-corrected chi connectivity index (χ0v) is 18.0. The lowest BCUT2D eigenvalue weighted by atomic mass is 9.98. The van der Waals surface area contributed by atoms with E-state index < -0.39 is 0 Å². The average molecular weight is 411 g/mol. The van der Waals surface area contributed by atoms with E-state index in [4.69, 9.17) is 0 Å². The second kappa shape index (κ2) is 9.17. The first-order valence-electron chi connectivity index (χ1n) is 10.2. The van der Waals surface area contributed by atoms with Crippen molar-refractivity contribution in [2.24, 2.45) is 0 Å². The van der Waals surface area contributed by atoms with Gasteiger partial charge in [0.2, 0.25) is 0 Å². The molecule has 1 aromatic heterocycles. The fourth-order valence-electron chi connectivity index (χ4n) is 3.58. The maximum atomic E-state index is 10.4. The van der Waals surface area contributed by atoms with Gasteiger partial charge in [0.1, 0.15) is 11.5 Å². The number of phenolic OH excluding ortho intramolecular Hbond substituents is 2. The van der Waals surface area contributed by atoms with Crippen molar-refractivity contribution in [3.63, 3.8) is 0 Å². The van der Waals surface area contributed by atoms with E-state index in [1.807, 2.05) is 26.0 Å². The van der Waals surface area contributed by atoms with E-state index in [2.05, 4.69) is 41.2 Å². The summed E-state index contributed by atoms with van der Waals surface area (Å²) in [4.78, 5) is 2.28. The van der Waals surface area contributed by atoms with Crippen LogP contribution in [0.3, 0.4) is 0 Å². The minimum atomic E-state index is -0.227. The van der Waals surface area contributed by atoms with E-state index in [1.165, 1.54) is 11.6 Å². The number of rotatable bonds is 8. The largest absolute Gasteiger partial charge is 0.508 e. The predicted octanol–water partition coefficient (Wildman–Crippen LogP) is 4.08. The lowest BCUT2D eigenvalue weighted by Gasteiger charge is -2.16. The van der Waals surface area contributed by atoms with E-state index in [1.54, 1.807) is 10.6 Å². The summed E-state index contributed by atoms with van der Waals surface area (Å²) >= 11 is 0. The van der Waals surface area contributed by atoms with Gasteiger partial charge in [0.05, 0.1) is 12.1 Å². The molecule has 0 aliphatic carbocycles. The molecule has 30 heavy (non-hydrogen) atoms. The molecule has 0 amide bonds. The molecule has 2 aromatic carbocycles. The predicted molar refractivity (Wildman–Crippen MR) is 117 cm³/mol. The van der Waals surface area contributed by atoms with Crippen LogP contribution in [0, 0.1) is 0 Å². The molecule has 0 aliphatic rings. The third kappa shape index (κ3) is 4.74. The second-order valence-corrected chi connectivity index (χ2v) is 8.05. The average Bonchev–Trinajstić information content (AvgIpc) is 3.03. The van der Waals surface area contributed by atoms with E-state index in [0.717, 1.165) is 25.1 Å². The van der Waals surface area contributed by atoms with Crippen molar-refractivity contribution in [3.8, 4) is 28.9 Å². The Morgan fingerprint density at radius 3 is 2.27 bits per heavy atom. The van der Waals surface area contributed by atoms with Crippen LogP contribution in [0.25, 0.3) is 11.4 Å². The van der Waals surface area contributed by atoms with Gasteiger partial charge in [0, 0.05) is 12.6 Å². The van der Waals surface area contributed by atoms with Crippen LogP contribution in [-0.4, -0.2) is 48.6 Å². The van der Waals surface area contributed by atoms with Crippen LogP contribution >= 0.6 is 0 Å². The molecule has 0 bridgehead atoms. The van der Waals surface area contributed by atoms with Crippen molar-refractivity contribution >= 4 is 0 Å². The van der Waals surface area contributed by atoms with Gasteiger partial charge in [-0.3, -0.25) is 4.57 Å². The maximum Gasteiger partial charge on any atom is 0.315 e. The third-order valence-corrected chi connectivity index (χ3v) is 5.16. The minimum Gasteiger partial charge on any atom is -0.508 e. The summed E-state index contributed by atoms with van der Waals surface area (Å²) in [6, 6.07) is 11.0. The first-order chi connectivity index (χ1) is 14.3. The molecule has 7 nitrogen and oxygen atoms in total. The summed E-state index contributed by atoms with van der Waals surface area (Å²) in [5.74, 6) is 0.330. The van der Waals surface area contributed by atoms with Crippen LogP contribution in [0.5, 0.6) is 17.5 Å². The van der Waals surface area contributed by atoms with Gasteiger partial charge in [0.15, 0.2) is 5.82 Å². The highest BCUT2D eigenvalue weighted by atomic mass is 16.3. The molecule has 0 atom stereocenters. The molecule has 0 saturated heterocycles. The number of benzene rings is 2. The number of hydrogen-bond donors (Lipinski definition) is 3. The molecule has 3 N–H and O–H groups in total. The van der Waals surface area contributed by atoms with Crippen LogP contribution in [0.1, 0.15) is 49.8 Å². The number of hydrogen-bond acceptors (Lipinski definition) is 6. The first kappa shape index (κ1) is 21.6. The van der Waals surface area contributed by atoms with E-state index in [-0.39, 0.29) is 23.4 Å². The Morgan fingerprint density at radius 1 is 0.967 bits per heavy atom. The van der Waals surface area contributed by atoms with Crippen LogP contribution in [0.15, 0.2) is 36.4 Å². The lowest BCUT2D eigenvalue weighted by molar-refractivity contribution is 0.327. The topological polar surface area (TPSA) is 94.6 Å². The van der Waals surface area contributed by atoms with Crippen molar-refractivity contribution in [3.05, 3.63) is 53.1 Å². The molecule has 0 spiro atoms. The lowest BCUT2D eigenvalue weighted by Crippen LogP contribution is -2.18.